The molecule has 0 aromatic heterocycles. The van der Waals surface area contributed by atoms with Crippen LogP contribution in [0.4, 0.5) is 0 Å². The number of hydrogen-bond acceptors (Lipinski definition) is 4. The maximum atomic E-state index is 11.2. The summed E-state index contributed by atoms with van der Waals surface area (Å²) in [7, 11) is 0. The Balaban J connectivity index is 1.95. The third kappa shape index (κ3) is 4.81. The van der Waals surface area contributed by atoms with Crippen molar-refractivity contribution < 1.29 is 9.53 Å². The number of benzene rings is 1. The second-order valence-electron chi connectivity index (χ2n) is 6.42. The van der Waals surface area contributed by atoms with Crippen LogP contribution < -0.4 is 11.3 Å². The number of amides is 1. The van der Waals surface area contributed by atoms with Gasteiger partial charge < -0.3 is 4.74 Å². The molecule has 1 aromatic rings. The average molecular weight is 291 g/mol. The van der Waals surface area contributed by atoms with Gasteiger partial charge >= 0.3 is 0 Å². The molecule has 1 aliphatic heterocycles. The van der Waals surface area contributed by atoms with Crippen molar-refractivity contribution in [3.8, 4) is 0 Å². The minimum absolute atomic E-state index is 0.100. The zero-order valence-corrected chi connectivity index (χ0v) is 13.1. The molecule has 1 atom stereocenters. The number of nitrogens with one attached hydrogen (secondary N) is 1. The number of carbonyl (C=O) groups excluding carboxylic acids is 1. The van der Waals surface area contributed by atoms with Gasteiger partial charge in [0.15, 0.2) is 0 Å². The number of nitrogens with zero attached hydrogens (tertiary/aromatic N) is 1. The number of nitrogens with two attached hydrogens (primary N) is 1. The van der Waals surface area contributed by atoms with Gasteiger partial charge in [-0.1, -0.05) is 24.3 Å². The Morgan fingerprint density at radius 3 is 2.57 bits per heavy atom. The number of rotatable bonds is 4. The van der Waals surface area contributed by atoms with Crippen LogP contribution in [0.3, 0.4) is 0 Å². The van der Waals surface area contributed by atoms with Crippen LogP contribution in [0.25, 0.3) is 0 Å². The van der Waals surface area contributed by atoms with Gasteiger partial charge in [-0.25, -0.2) is 5.84 Å². The van der Waals surface area contributed by atoms with E-state index in [-0.39, 0.29) is 17.6 Å². The van der Waals surface area contributed by atoms with E-state index >= 15 is 0 Å². The van der Waals surface area contributed by atoms with E-state index in [0.717, 1.165) is 25.2 Å². The van der Waals surface area contributed by atoms with Crippen molar-refractivity contribution in [3.63, 3.8) is 0 Å². The minimum atomic E-state index is -0.175. The number of hydrogen-bond donors (Lipinski definition) is 2. The third-order valence-corrected chi connectivity index (χ3v) is 3.59. The first-order chi connectivity index (χ1) is 9.88. The van der Waals surface area contributed by atoms with Crippen molar-refractivity contribution in [1.82, 2.24) is 10.3 Å². The van der Waals surface area contributed by atoms with Crippen LogP contribution in [0.15, 0.2) is 24.3 Å². The lowest BCUT2D eigenvalue weighted by Crippen LogP contribution is -2.51. The molecule has 5 nitrogen and oxygen atoms in total. The lowest BCUT2D eigenvalue weighted by molar-refractivity contribution is -0.130. The first-order valence-corrected chi connectivity index (χ1v) is 7.35. The Hall–Kier alpha value is -1.43. The van der Waals surface area contributed by atoms with E-state index in [9.17, 15) is 4.79 Å². The lowest BCUT2D eigenvalue weighted by atomic mass is 10.0. The van der Waals surface area contributed by atoms with Gasteiger partial charge in [0.1, 0.15) is 0 Å². The van der Waals surface area contributed by atoms with Crippen LogP contribution in [-0.2, 0) is 22.5 Å². The van der Waals surface area contributed by atoms with Crippen LogP contribution in [-0.4, -0.2) is 35.6 Å². The highest BCUT2D eigenvalue weighted by Crippen LogP contribution is 2.22. The highest BCUT2D eigenvalue weighted by molar-refractivity contribution is 5.77. The van der Waals surface area contributed by atoms with Gasteiger partial charge in [-0.15, -0.1) is 0 Å². The predicted molar refractivity (Wildman–Crippen MR) is 82.4 cm³/mol. The molecule has 116 valence electrons. The fraction of sp³-hybridized carbons (Fsp3) is 0.562. The second-order valence-corrected chi connectivity index (χ2v) is 6.42. The molecular weight excluding hydrogens is 266 g/mol. The molecule has 1 aliphatic rings. The molecular formula is C16H25N3O2. The van der Waals surface area contributed by atoms with E-state index in [0.29, 0.717) is 6.42 Å². The summed E-state index contributed by atoms with van der Waals surface area (Å²) < 4.78 is 5.92. The molecule has 1 aromatic carbocycles. The van der Waals surface area contributed by atoms with Gasteiger partial charge in [-0.3, -0.25) is 15.1 Å². The maximum absolute atomic E-state index is 11.2. The van der Waals surface area contributed by atoms with E-state index in [1.165, 1.54) is 5.56 Å². The van der Waals surface area contributed by atoms with Crippen molar-refractivity contribution in [2.75, 3.05) is 13.1 Å². The Morgan fingerprint density at radius 1 is 1.38 bits per heavy atom. The van der Waals surface area contributed by atoms with Crippen molar-refractivity contribution in [3.05, 3.63) is 35.4 Å². The molecule has 1 saturated heterocycles. The Kier molecular flexibility index (Phi) is 4.98. The summed E-state index contributed by atoms with van der Waals surface area (Å²) in [6.07, 6.45) is 0.569. The molecule has 0 saturated carbocycles. The van der Waals surface area contributed by atoms with Crippen molar-refractivity contribution in [1.29, 1.82) is 0 Å². The SMILES string of the molecule is CC1CN(Cc2ccc(CC(=O)NN)cc2)CC(C)(C)O1. The Bertz CT molecular complexity index is 485. The monoisotopic (exact) mass is 291 g/mol. The summed E-state index contributed by atoms with van der Waals surface area (Å²) >= 11 is 0. The van der Waals surface area contributed by atoms with E-state index in [1.54, 1.807) is 0 Å². The molecule has 0 bridgehead atoms. The molecule has 0 radical (unpaired) electrons. The molecule has 0 aliphatic carbocycles. The Labute approximate surface area is 126 Å². The number of hydrazine groups is 1. The summed E-state index contributed by atoms with van der Waals surface area (Å²) in [6.45, 7) is 9.15. The van der Waals surface area contributed by atoms with E-state index in [2.05, 4.69) is 43.2 Å². The normalized spacial score (nSPS) is 22.0. The molecule has 5 heteroatoms. The summed E-state index contributed by atoms with van der Waals surface area (Å²) in [5.41, 5.74) is 4.26. The summed E-state index contributed by atoms with van der Waals surface area (Å²) in [6, 6.07) is 8.12. The average Bonchev–Trinajstić information content (AvgIpc) is 2.38. The molecule has 3 N–H and O–H groups in total. The molecule has 1 unspecified atom stereocenters. The van der Waals surface area contributed by atoms with E-state index in [4.69, 9.17) is 10.6 Å². The van der Waals surface area contributed by atoms with Gasteiger partial charge in [0.2, 0.25) is 5.91 Å². The summed E-state index contributed by atoms with van der Waals surface area (Å²) in [4.78, 5) is 13.6. The third-order valence-electron chi connectivity index (χ3n) is 3.59. The van der Waals surface area contributed by atoms with Gasteiger partial charge in [0, 0.05) is 19.6 Å². The zero-order chi connectivity index (χ0) is 15.5. The topological polar surface area (TPSA) is 67.6 Å². The molecule has 1 amide bonds. The van der Waals surface area contributed by atoms with E-state index in [1.807, 2.05) is 12.1 Å². The van der Waals surface area contributed by atoms with Gasteiger partial charge in [-0.05, 0) is 31.9 Å². The summed E-state index contributed by atoms with van der Waals surface area (Å²) in [5.74, 6) is 4.92. The maximum Gasteiger partial charge on any atom is 0.238 e. The standard InChI is InChI=1S/C16H25N3O2/c1-12-9-19(11-16(2,3)21-12)10-14-6-4-13(5-7-14)8-15(20)18-17/h4-7,12H,8-11,17H2,1-3H3,(H,18,20). The highest BCUT2D eigenvalue weighted by Gasteiger charge is 2.30. The Morgan fingerprint density at radius 2 is 2.00 bits per heavy atom. The first kappa shape index (κ1) is 15.9. The fourth-order valence-electron chi connectivity index (χ4n) is 2.96. The van der Waals surface area contributed by atoms with Crippen LogP contribution in [0.1, 0.15) is 31.9 Å². The molecule has 1 heterocycles. The number of morpholine rings is 1. The van der Waals surface area contributed by atoms with Gasteiger partial charge in [0.05, 0.1) is 18.1 Å². The van der Waals surface area contributed by atoms with Crippen LogP contribution in [0, 0.1) is 0 Å². The first-order valence-electron chi connectivity index (χ1n) is 7.35. The highest BCUT2D eigenvalue weighted by atomic mass is 16.5. The van der Waals surface area contributed by atoms with Crippen molar-refractivity contribution in [2.24, 2.45) is 5.84 Å². The molecule has 1 fully saturated rings. The van der Waals surface area contributed by atoms with E-state index < -0.39 is 0 Å². The van der Waals surface area contributed by atoms with Gasteiger partial charge in [0.25, 0.3) is 0 Å². The van der Waals surface area contributed by atoms with Crippen LogP contribution in [0.2, 0.25) is 0 Å². The van der Waals surface area contributed by atoms with Gasteiger partial charge in [-0.2, -0.15) is 0 Å². The van der Waals surface area contributed by atoms with Crippen LogP contribution >= 0.6 is 0 Å². The fourth-order valence-corrected chi connectivity index (χ4v) is 2.96. The minimum Gasteiger partial charge on any atom is -0.370 e. The largest absolute Gasteiger partial charge is 0.370 e. The molecule has 2 rings (SSSR count). The molecule has 0 spiro atoms. The number of carbonyl (C=O) groups is 1. The van der Waals surface area contributed by atoms with Crippen molar-refractivity contribution in [2.45, 2.75) is 45.4 Å². The van der Waals surface area contributed by atoms with Crippen molar-refractivity contribution >= 4 is 5.91 Å². The summed E-state index contributed by atoms with van der Waals surface area (Å²) in [5, 5.41) is 0. The second kappa shape index (κ2) is 6.56. The quantitative estimate of drug-likeness (QED) is 0.497. The predicted octanol–water partition coefficient (Wildman–Crippen LogP) is 1.22. The lowest BCUT2D eigenvalue weighted by Gasteiger charge is -2.41. The zero-order valence-electron chi connectivity index (χ0n) is 13.1. The smallest absolute Gasteiger partial charge is 0.238 e. The van der Waals surface area contributed by atoms with Crippen LogP contribution in [0.5, 0.6) is 0 Å². The number of ether oxygens (including phenoxy) is 1. The molecule has 21 heavy (non-hydrogen) atoms.